The topological polar surface area (TPSA) is 155 Å². The number of unbranched alkanes of at least 4 members (excludes halogenated alkanes) is 18. The Morgan fingerprint density at radius 3 is 1.17 bits per heavy atom. The van der Waals surface area contributed by atoms with Gasteiger partial charge >= 0.3 is 25.7 Å². The molecule has 0 aliphatic rings. The van der Waals surface area contributed by atoms with E-state index in [1.165, 1.54) is 70.6 Å². The van der Waals surface area contributed by atoms with Gasteiger partial charge in [-0.2, -0.15) is 0 Å². The summed E-state index contributed by atoms with van der Waals surface area (Å²) in [7, 11) is -4.77. The van der Waals surface area contributed by atoms with Gasteiger partial charge in [-0.05, 0) is 89.9 Å². The zero-order valence-corrected chi connectivity index (χ0v) is 46.3. The van der Waals surface area contributed by atoms with E-state index in [0.29, 0.717) is 25.7 Å². The summed E-state index contributed by atoms with van der Waals surface area (Å²) in [5.41, 5.74) is 0. The molecule has 0 aromatic heterocycles. The molecule has 12 heteroatoms. The molecule has 0 heterocycles. The number of allylic oxidation sites excluding steroid dienone is 16. The Bertz CT molecular complexity index is 1580. The van der Waals surface area contributed by atoms with Crippen LogP contribution >= 0.6 is 7.82 Å². The second-order valence-electron chi connectivity index (χ2n) is 18.3. The number of phosphoric acid groups is 1. The minimum Gasteiger partial charge on any atom is -0.462 e. The van der Waals surface area contributed by atoms with Crippen LogP contribution in [0.1, 0.15) is 226 Å². The predicted molar refractivity (Wildman–Crippen MR) is 297 cm³/mol. The number of ether oxygens (including phenoxy) is 3. The third-order valence-corrected chi connectivity index (χ3v) is 12.5. The summed E-state index contributed by atoms with van der Waals surface area (Å²) in [5.74, 6) is -1.57. The van der Waals surface area contributed by atoms with Crippen LogP contribution in [0.4, 0.5) is 0 Å². The van der Waals surface area contributed by atoms with Crippen LogP contribution in [0.15, 0.2) is 97.2 Å². The minimum absolute atomic E-state index is 0.0794. The van der Waals surface area contributed by atoms with Crippen LogP contribution in [0.25, 0.3) is 0 Å². The second kappa shape index (κ2) is 53.7. The lowest BCUT2D eigenvalue weighted by atomic mass is 10.0. The molecule has 0 bridgehead atoms. The maximum atomic E-state index is 12.9. The molecule has 0 fully saturated rings. The van der Waals surface area contributed by atoms with E-state index in [1.807, 2.05) is 12.2 Å². The molecule has 2 N–H and O–H groups in total. The molecule has 3 atom stereocenters. The molecule has 11 nitrogen and oxygen atoms in total. The molecule has 72 heavy (non-hydrogen) atoms. The lowest BCUT2D eigenvalue weighted by Crippen LogP contribution is -2.30. The zero-order chi connectivity index (χ0) is 52.7. The maximum Gasteiger partial charge on any atom is 0.472 e. The molecule has 0 aromatic carbocycles. The predicted octanol–water partition coefficient (Wildman–Crippen LogP) is 16.5. The Labute approximate surface area is 438 Å². The fourth-order valence-corrected chi connectivity index (χ4v) is 8.07. The van der Waals surface area contributed by atoms with Gasteiger partial charge in [0.1, 0.15) is 12.7 Å². The monoisotopic (exact) mass is 1030 g/mol. The Balaban J connectivity index is 4.82. The molecule has 0 spiro atoms. The number of carbonyl (C=O) groups excluding carboxylic acids is 3. The molecule has 0 aliphatic carbocycles. The molecule has 0 saturated carbocycles. The first kappa shape index (κ1) is 68.4. The normalized spacial score (nSPS) is 14.1. The van der Waals surface area contributed by atoms with Crippen molar-refractivity contribution in [3.8, 4) is 0 Å². The highest BCUT2D eigenvalue weighted by molar-refractivity contribution is 7.47. The molecular weight excluding hydrogens is 928 g/mol. The fourth-order valence-electron chi connectivity index (χ4n) is 7.29. The highest BCUT2D eigenvalue weighted by Crippen LogP contribution is 2.43. The van der Waals surface area contributed by atoms with Crippen molar-refractivity contribution in [2.45, 2.75) is 238 Å². The smallest absolute Gasteiger partial charge is 0.462 e. The van der Waals surface area contributed by atoms with Crippen LogP contribution in [0, 0.1) is 0 Å². The minimum atomic E-state index is -4.77. The largest absolute Gasteiger partial charge is 0.472 e. The van der Waals surface area contributed by atoms with Gasteiger partial charge < -0.3 is 24.2 Å². The van der Waals surface area contributed by atoms with E-state index in [-0.39, 0.29) is 25.9 Å². The average molecular weight is 1030 g/mol. The Morgan fingerprint density at radius 1 is 0.403 bits per heavy atom. The lowest BCUT2D eigenvalue weighted by molar-refractivity contribution is -0.161. The van der Waals surface area contributed by atoms with E-state index in [0.717, 1.165) is 89.9 Å². The molecule has 412 valence electrons. The molecule has 3 unspecified atom stereocenters. The van der Waals surface area contributed by atoms with Gasteiger partial charge in [0.2, 0.25) is 0 Å². The van der Waals surface area contributed by atoms with Crippen LogP contribution in [-0.4, -0.2) is 66.5 Å². The standard InChI is InChI=1S/C60H101O11P/c1-4-7-10-13-16-19-22-25-27-28-30-33-36-39-42-45-48-51-60(64)71-57(53-67-58(62)49-46-43-40-37-34-31-24-21-18-15-12-9-6-3)55-69-72(65,66)68-54-56(52-61)70-59(63)50-47-44-41-38-35-32-29-26-23-20-17-14-11-8-5-2/h7,9-10,12,16,18-19,21,25,27,30-31,33-34,39,42,56-57,61H,4-6,8,11,13-15,17,20,22-24,26,28-29,32,35-38,40-41,43-55H2,1-3H3,(H,65,66)/b10-7-,12-9-,19-16-,21-18-,27-25-,33-30-,34-31-,42-39-. The van der Waals surface area contributed by atoms with Crippen molar-refractivity contribution in [1.29, 1.82) is 0 Å². The molecular formula is C60H101O11P. The fraction of sp³-hybridized carbons (Fsp3) is 0.683. The number of carbonyl (C=O) groups is 3. The molecule has 0 rings (SSSR count). The van der Waals surface area contributed by atoms with E-state index in [1.54, 1.807) is 0 Å². The van der Waals surface area contributed by atoms with Crippen molar-refractivity contribution < 1.29 is 52.2 Å². The van der Waals surface area contributed by atoms with Gasteiger partial charge in [0.25, 0.3) is 0 Å². The van der Waals surface area contributed by atoms with Crippen LogP contribution in [0.5, 0.6) is 0 Å². The number of rotatable bonds is 51. The van der Waals surface area contributed by atoms with Gasteiger partial charge in [-0.15, -0.1) is 0 Å². The maximum absolute atomic E-state index is 12.9. The molecule has 0 saturated heterocycles. The number of aliphatic hydroxyl groups excluding tert-OH is 1. The van der Waals surface area contributed by atoms with Crippen LogP contribution < -0.4 is 0 Å². The average Bonchev–Trinajstić information content (AvgIpc) is 3.37. The highest BCUT2D eigenvalue weighted by atomic mass is 31.2. The van der Waals surface area contributed by atoms with E-state index < -0.39 is 57.8 Å². The third-order valence-electron chi connectivity index (χ3n) is 11.5. The highest BCUT2D eigenvalue weighted by Gasteiger charge is 2.28. The SMILES string of the molecule is CC/C=C\C/C=C\C/C=C\C/C=C\C/C=C\CCCC(=O)OC(COC(=O)CCCCC/C=C\C/C=C\C/C=C\CC)COP(=O)(O)OCC(CO)OC(=O)CCCCCCCCCCCCCCCCC. The van der Waals surface area contributed by atoms with Crippen LogP contribution in [0.2, 0.25) is 0 Å². The van der Waals surface area contributed by atoms with Crippen molar-refractivity contribution in [1.82, 2.24) is 0 Å². The summed E-state index contributed by atoms with van der Waals surface area (Å²) < 4.78 is 39.4. The number of aliphatic hydroxyl groups is 1. The summed E-state index contributed by atoms with van der Waals surface area (Å²) in [4.78, 5) is 48.4. The molecule has 0 aromatic rings. The summed E-state index contributed by atoms with van der Waals surface area (Å²) in [5, 5.41) is 9.81. The second-order valence-corrected chi connectivity index (χ2v) is 19.8. The first-order valence-electron chi connectivity index (χ1n) is 28.1. The number of esters is 3. The summed E-state index contributed by atoms with van der Waals surface area (Å²) in [6, 6.07) is 0. The first-order chi connectivity index (χ1) is 35.2. The van der Waals surface area contributed by atoms with Crippen molar-refractivity contribution in [2.75, 3.05) is 26.4 Å². The number of phosphoric ester groups is 1. The summed E-state index contributed by atoms with van der Waals surface area (Å²) in [6.45, 7) is 4.32. The van der Waals surface area contributed by atoms with Crippen molar-refractivity contribution in [3.05, 3.63) is 97.2 Å². The summed E-state index contributed by atoms with van der Waals surface area (Å²) >= 11 is 0. The van der Waals surface area contributed by atoms with Crippen molar-refractivity contribution >= 4 is 25.7 Å². The van der Waals surface area contributed by atoms with E-state index in [2.05, 4.69) is 106 Å². The Morgan fingerprint density at radius 2 is 0.736 bits per heavy atom. The van der Waals surface area contributed by atoms with Gasteiger partial charge in [-0.3, -0.25) is 23.4 Å². The van der Waals surface area contributed by atoms with Crippen molar-refractivity contribution in [3.63, 3.8) is 0 Å². The molecule has 0 radical (unpaired) electrons. The number of hydrogen-bond donors (Lipinski definition) is 2. The van der Waals surface area contributed by atoms with Gasteiger partial charge in [0.05, 0.1) is 19.8 Å². The Hall–Kier alpha value is -3.60. The summed E-state index contributed by atoms with van der Waals surface area (Å²) in [6.07, 6.45) is 62.4. The van der Waals surface area contributed by atoms with Gasteiger partial charge in [-0.1, -0.05) is 214 Å². The van der Waals surface area contributed by atoms with Crippen LogP contribution in [-0.2, 0) is 42.2 Å². The van der Waals surface area contributed by atoms with E-state index in [4.69, 9.17) is 23.3 Å². The first-order valence-corrected chi connectivity index (χ1v) is 29.6. The lowest BCUT2D eigenvalue weighted by Gasteiger charge is -2.21. The van der Waals surface area contributed by atoms with Gasteiger partial charge in [0.15, 0.2) is 6.10 Å². The molecule has 0 aliphatic heterocycles. The third kappa shape index (κ3) is 51.3. The Kier molecular flexibility index (Phi) is 51.0. The van der Waals surface area contributed by atoms with Gasteiger partial charge in [-0.25, -0.2) is 4.57 Å². The van der Waals surface area contributed by atoms with E-state index in [9.17, 15) is 28.9 Å². The quantitative estimate of drug-likeness (QED) is 0.0197. The zero-order valence-electron chi connectivity index (χ0n) is 45.4. The number of hydrogen-bond acceptors (Lipinski definition) is 10. The van der Waals surface area contributed by atoms with Gasteiger partial charge in [0, 0.05) is 19.3 Å². The van der Waals surface area contributed by atoms with Crippen molar-refractivity contribution in [2.24, 2.45) is 0 Å². The van der Waals surface area contributed by atoms with Crippen LogP contribution in [0.3, 0.4) is 0 Å². The molecule has 0 amide bonds. The van der Waals surface area contributed by atoms with E-state index >= 15 is 0 Å².